The lowest BCUT2D eigenvalue weighted by Gasteiger charge is -2.35. The highest BCUT2D eigenvalue weighted by atomic mass is 32.2. The Bertz CT molecular complexity index is 721. The number of hydrogen-bond donors (Lipinski definition) is 1. The number of halogens is 3. The van der Waals surface area contributed by atoms with Crippen LogP contribution in [0.4, 0.5) is 18.9 Å². The van der Waals surface area contributed by atoms with Gasteiger partial charge in [-0.2, -0.15) is 13.2 Å². The number of hydrogen-bond acceptors (Lipinski definition) is 5. The molecule has 162 valence electrons. The van der Waals surface area contributed by atoms with Crippen LogP contribution in [-0.2, 0) is 5.60 Å². The molecule has 1 fully saturated rings. The maximum atomic E-state index is 12.9. The molecule has 3 rings (SSSR count). The van der Waals surface area contributed by atoms with Gasteiger partial charge in [-0.15, -0.1) is 11.3 Å². The second-order valence-electron chi connectivity index (χ2n) is 7.79. The lowest BCUT2D eigenvalue weighted by atomic mass is 9.95. The number of benzene rings is 1. The Morgan fingerprint density at radius 1 is 1.00 bits per heavy atom. The van der Waals surface area contributed by atoms with Gasteiger partial charge in [-0.3, -0.25) is 0 Å². The summed E-state index contributed by atoms with van der Waals surface area (Å²) in [4.78, 5) is 2.15. The van der Waals surface area contributed by atoms with Gasteiger partial charge in [0.2, 0.25) is 0 Å². The van der Waals surface area contributed by atoms with Crippen LogP contribution in [0.15, 0.2) is 46.0 Å². The SMILES string of the molecule is CC(C)C.CC(O)(c1ccc(N2CCN(Sc3cccs3)CC2)cc1)C(F)(F)F. The van der Waals surface area contributed by atoms with E-state index in [-0.39, 0.29) is 5.56 Å². The van der Waals surface area contributed by atoms with Crippen molar-refractivity contribution in [3.8, 4) is 0 Å². The lowest BCUT2D eigenvalue weighted by Crippen LogP contribution is -2.43. The third-order valence-corrected chi connectivity index (χ3v) is 6.41. The highest BCUT2D eigenvalue weighted by Crippen LogP contribution is 2.39. The molecule has 1 atom stereocenters. The Morgan fingerprint density at radius 2 is 1.55 bits per heavy atom. The second-order valence-corrected chi connectivity index (χ2v) is 10.1. The van der Waals surface area contributed by atoms with Crippen molar-refractivity contribution in [3.63, 3.8) is 0 Å². The van der Waals surface area contributed by atoms with E-state index in [1.165, 1.54) is 16.3 Å². The number of alkyl halides is 3. The van der Waals surface area contributed by atoms with Crippen molar-refractivity contribution in [1.82, 2.24) is 4.31 Å². The van der Waals surface area contributed by atoms with Gasteiger partial charge in [-0.05, 0) is 53.9 Å². The third kappa shape index (κ3) is 6.91. The first-order chi connectivity index (χ1) is 13.5. The van der Waals surface area contributed by atoms with E-state index in [1.54, 1.807) is 35.4 Å². The van der Waals surface area contributed by atoms with Crippen LogP contribution >= 0.6 is 23.3 Å². The van der Waals surface area contributed by atoms with Crippen molar-refractivity contribution in [2.24, 2.45) is 5.92 Å². The molecule has 1 N–H and O–H groups in total. The zero-order valence-electron chi connectivity index (χ0n) is 17.2. The molecule has 0 bridgehead atoms. The fraction of sp³-hybridized carbons (Fsp3) is 0.524. The Hall–Kier alpha value is -1.22. The Balaban J connectivity index is 0.000000687. The van der Waals surface area contributed by atoms with E-state index in [2.05, 4.69) is 41.4 Å². The summed E-state index contributed by atoms with van der Waals surface area (Å²) in [5.41, 5.74) is -2.10. The summed E-state index contributed by atoms with van der Waals surface area (Å²) >= 11 is 3.46. The van der Waals surface area contributed by atoms with Crippen LogP contribution in [0.1, 0.15) is 33.3 Å². The monoisotopic (exact) mass is 446 g/mol. The van der Waals surface area contributed by atoms with E-state index >= 15 is 0 Å². The van der Waals surface area contributed by atoms with Crippen LogP contribution < -0.4 is 4.90 Å². The molecule has 1 aromatic carbocycles. The summed E-state index contributed by atoms with van der Waals surface area (Å²) in [7, 11) is 0. The first-order valence-corrected chi connectivity index (χ1v) is 11.3. The molecule has 0 saturated carbocycles. The Labute approximate surface area is 179 Å². The van der Waals surface area contributed by atoms with Gasteiger partial charge < -0.3 is 10.0 Å². The van der Waals surface area contributed by atoms with Crippen molar-refractivity contribution in [2.75, 3.05) is 31.1 Å². The number of aliphatic hydroxyl groups is 1. The molecule has 1 saturated heterocycles. The maximum Gasteiger partial charge on any atom is 0.421 e. The summed E-state index contributed by atoms with van der Waals surface area (Å²) in [6, 6.07) is 10.1. The number of anilines is 1. The standard InChI is InChI=1S/C17H19F3N2OS2.C4H10/c1-16(23,17(18,19)20)13-4-6-14(7-5-13)21-8-10-22(11-9-21)25-15-3-2-12-24-15;1-4(2)3/h2-7,12,23H,8-11H2,1H3;4H,1-3H3. The topological polar surface area (TPSA) is 26.7 Å². The summed E-state index contributed by atoms with van der Waals surface area (Å²) in [5.74, 6) is 0.833. The maximum absolute atomic E-state index is 12.9. The molecule has 1 unspecified atom stereocenters. The Kier molecular flexibility index (Phi) is 8.46. The van der Waals surface area contributed by atoms with Gasteiger partial charge in [-0.1, -0.05) is 39.0 Å². The van der Waals surface area contributed by atoms with Crippen LogP contribution in [0, 0.1) is 5.92 Å². The van der Waals surface area contributed by atoms with Gasteiger partial charge in [0, 0.05) is 31.9 Å². The highest BCUT2D eigenvalue weighted by Gasteiger charge is 2.51. The minimum Gasteiger partial charge on any atom is -0.376 e. The summed E-state index contributed by atoms with van der Waals surface area (Å²) in [6.45, 7) is 10.7. The van der Waals surface area contributed by atoms with E-state index in [0.29, 0.717) is 0 Å². The first kappa shape index (κ1) is 24.1. The molecule has 0 radical (unpaired) electrons. The molecule has 2 aromatic rings. The van der Waals surface area contributed by atoms with Gasteiger partial charge in [0.15, 0.2) is 5.60 Å². The van der Waals surface area contributed by atoms with Gasteiger partial charge >= 0.3 is 6.18 Å². The van der Waals surface area contributed by atoms with E-state index in [4.69, 9.17) is 0 Å². The lowest BCUT2D eigenvalue weighted by molar-refractivity contribution is -0.258. The van der Waals surface area contributed by atoms with Gasteiger partial charge in [0.1, 0.15) is 0 Å². The normalized spacial score (nSPS) is 17.6. The molecule has 29 heavy (non-hydrogen) atoms. The van der Waals surface area contributed by atoms with E-state index in [1.807, 2.05) is 6.07 Å². The predicted octanol–water partition coefficient (Wildman–Crippen LogP) is 6.01. The largest absolute Gasteiger partial charge is 0.421 e. The quantitative estimate of drug-likeness (QED) is 0.582. The zero-order chi connectivity index (χ0) is 21.7. The number of piperazine rings is 1. The number of nitrogens with zero attached hydrogens (tertiary/aromatic N) is 2. The third-order valence-electron chi connectivity index (χ3n) is 4.30. The molecule has 2 heterocycles. The fourth-order valence-electron chi connectivity index (χ4n) is 2.64. The van der Waals surface area contributed by atoms with Gasteiger partial charge in [0.05, 0.1) is 4.21 Å². The fourth-order valence-corrected chi connectivity index (χ4v) is 4.48. The molecule has 0 aliphatic carbocycles. The highest BCUT2D eigenvalue weighted by molar-refractivity contribution is 7.98. The van der Waals surface area contributed by atoms with Crippen LogP contribution in [0.25, 0.3) is 0 Å². The molecule has 1 aromatic heterocycles. The molecule has 3 nitrogen and oxygen atoms in total. The van der Waals surface area contributed by atoms with Crippen molar-refractivity contribution >= 4 is 29.0 Å². The second kappa shape index (κ2) is 10.2. The number of thiophene rings is 1. The smallest absolute Gasteiger partial charge is 0.376 e. The molecule has 8 heteroatoms. The van der Waals surface area contributed by atoms with E-state index < -0.39 is 11.8 Å². The summed E-state index contributed by atoms with van der Waals surface area (Å²) in [6.07, 6.45) is -4.70. The number of rotatable bonds is 4. The van der Waals surface area contributed by atoms with Crippen LogP contribution in [0.2, 0.25) is 0 Å². The molecule has 1 aliphatic rings. The molecular weight excluding hydrogens is 417 g/mol. The van der Waals surface area contributed by atoms with Crippen molar-refractivity contribution < 1.29 is 18.3 Å². The molecular formula is C21H29F3N2OS2. The van der Waals surface area contributed by atoms with E-state index in [9.17, 15) is 18.3 Å². The molecule has 0 spiro atoms. The van der Waals surface area contributed by atoms with Gasteiger partial charge in [0.25, 0.3) is 0 Å². The van der Waals surface area contributed by atoms with Crippen LogP contribution in [-0.4, -0.2) is 41.8 Å². The molecule has 1 aliphatic heterocycles. The average molecular weight is 447 g/mol. The van der Waals surface area contributed by atoms with Crippen molar-refractivity contribution in [3.05, 3.63) is 47.3 Å². The van der Waals surface area contributed by atoms with Crippen LogP contribution in [0.3, 0.4) is 0 Å². The van der Waals surface area contributed by atoms with Crippen molar-refractivity contribution in [2.45, 2.75) is 43.7 Å². The average Bonchev–Trinajstić information content (AvgIpc) is 3.14. The van der Waals surface area contributed by atoms with Crippen molar-refractivity contribution in [1.29, 1.82) is 0 Å². The first-order valence-electron chi connectivity index (χ1n) is 9.61. The predicted molar refractivity (Wildman–Crippen MR) is 117 cm³/mol. The molecule has 0 amide bonds. The minimum absolute atomic E-state index is 0.143. The van der Waals surface area contributed by atoms with E-state index in [0.717, 1.165) is 44.7 Å². The summed E-state index contributed by atoms with van der Waals surface area (Å²) < 4.78 is 42.3. The van der Waals surface area contributed by atoms with Crippen LogP contribution in [0.5, 0.6) is 0 Å². The Morgan fingerprint density at radius 3 is 2.00 bits per heavy atom. The van der Waals surface area contributed by atoms with Gasteiger partial charge in [-0.25, -0.2) is 4.31 Å². The zero-order valence-corrected chi connectivity index (χ0v) is 18.9. The minimum atomic E-state index is -4.70. The summed E-state index contributed by atoms with van der Waals surface area (Å²) in [5, 5.41) is 11.8.